The molecule has 1 aliphatic rings. The van der Waals surface area contributed by atoms with Gasteiger partial charge in [0.05, 0.1) is 16.7 Å². The van der Waals surface area contributed by atoms with Crippen molar-refractivity contribution in [3.05, 3.63) is 27.7 Å². The summed E-state index contributed by atoms with van der Waals surface area (Å²) in [6.07, 6.45) is 2.05. The first-order valence-corrected chi connectivity index (χ1v) is 7.93. The zero-order valence-corrected chi connectivity index (χ0v) is 14.6. The second kappa shape index (κ2) is 9.06. The maximum atomic E-state index is 6.33. The molecule has 1 heterocycles. The Balaban J connectivity index is 0.00000220. The second-order valence-corrected chi connectivity index (χ2v) is 6.00. The molecule has 2 N–H and O–H groups in total. The third-order valence-electron chi connectivity index (χ3n) is 3.83. The van der Waals surface area contributed by atoms with E-state index in [2.05, 4.69) is 4.90 Å². The van der Waals surface area contributed by atoms with Crippen LogP contribution in [0.2, 0.25) is 10.0 Å². The molecule has 0 spiro atoms. The molecule has 0 radical (unpaired) electrons. The van der Waals surface area contributed by atoms with Crippen LogP contribution in [0.5, 0.6) is 5.75 Å². The fourth-order valence-corrected chi connectivity index (χ4v) is 3.10. The molecule has 0 saturated carbocycles. The smallest absolute Gasteiger partial charge is 0.124 e. The first-order valence-electron chi connectivity index (χ1n) is 7.17. The molecule has 21 heavy (non-hydrogen) atoms. The van der Waals surface area contributed by atoms with Gasteiger partial charge in [0.15, 0.2) is 0 Å². The minimum atomic E-state index is 0. The van der Waals surface area contributed by atoms with Gasteiger partial charge >= 0.3 is 0 Å². The van der Waals surface area contributed by atoms with Crippen molar-refractivity contribution in [1.82, 2.24) is 4.90 Å². The number of benzene rings is 1. The van der Waals surface area contributed by atoms with E-state index in [1.54, 1.807) is 6.07 Å². The van der Waals surface area contributed by atoms with Gasteiger partial charge in [-0.3, -0.25) is 0 Å². The van der Waals surface area contributed by atoms with Crippen molar-refractivity contribution in [3.8, 4) is 5.75 Å². The molecule has 0 amide bonds. The Bertz CT molecular complexity index is 457. The second-order valence-electron chi connectivity index (χ2n) is 5.21. The number of nitrogens with zero attached hydrogens (tertiary/aromatic N) is 1. The monoisotopic (exact) mass is 352 g/mol. The molecule has 2 rings (SSSR count). The molecule has 0 bridgehead atoms. The lowest BCUT2D eigenvalue weighted by atomic mass is 10.1. The summed E-state index contributed by atoms with van der Waals surface area (Å²) in [4.78, 5) is 2.44. The molecule has 1 aromatic rings. The van der Waals surface area contributed by atoms with E-state index >= 15 is 0 Å². The number of ether oxygens (including phenoxy) is 1. The molecule has 1 atom stereocenters. The van der Waals surface area contributed by atoms with E-state index < -0.39 is 0 Å². The zero-order valence-electron chi connectivity index (χ0n) is 12.3. The molecule has 3 nitrogen and oxygen atoms in total. The number of nitrogens with two attached hydrogens (primary N) is 1. The Morgan fingerprint density at radius 1 is 1.38 bits per heavy atom. The van der Waals surface area contributed by atoms with E-state index in [-0.39, 0.29) is 12.4 Å². The lowest BCUT2D eigenvalue weighted by Gasteiger charge is -2.18. The first-order chi connectivity index (χ1) is 9.65. The molecule has 1 aromatic carbocycles. The van der Waals surface area contributed by atoms with Gasteiger partial charge in [0.1, 0.15) is 5.75 Å². The molecule has 6 heteroatoms. The van der Waals surface area contributed by atoms with Crippen molar-refractivity contribution in [2.75, 3.05) is 32.8 Å². The van der Waals surface area contributed by atoms with Gasteiger partial charge in [0, 0.05) is 18.7 Å². The predicted octanol–water partition coefficient (Wildman–Crippen LogP) is 3.64. The average Bonchev–Trinajstić information content (AvgIpc) is 2.91. The third kappa shape index (κ3) is 4.90. The van der Waals surface area contributed by atoms with E-state index in [0.29, 0.717) is 22.6 Å². The summed E-state index contributed by atoms with van der Waals surface area (Å²) in [7, 11) is 0. The topological polar surface area (TPSA) is 38.5 Å². The maximum Gasteiger partial charge on any atom is 0.124 e. The summed E-state index contributed by atoms with van der Waals surface area (Å²) >= 11 is 12.4. The van der Waals surface area contributed by atoms with Crippen molar-refractivity contribution in [2.45, 2.75) is 19.8 Å². The number of halogens is 3. The standard InChI is InChI=1S/C15H22Cl2N2O.ClH/c1-2-20-14-4-3-13(16)15(17)12(14)6-8-19-7-5-11(9-18)10-19;/h3-4,11H,2,5-10,18H2,1H3;1H/t11-;/m0./s1. The van der Waals surface area contributed by atoms with Crippen LogP contribution in [-0.4, -0.2) is 37.7 Å². The van der Waals surface area contributed by atoms with Crippen LogP contribution in [0.4, 0.5) is 0 Å². The van der Waals surface area contributed by atoms with Gasteiger partial charge in [-0.1, -0.05) is 23.2 Å². The highest BCUT2D eigenvalue weighted by Crippen LogP contribution is 2.33. The minimum absolute atomic E-state index is 0. The summed E-state index contributed by atoms with van der Waals surface area (Å²) in [5.41, 5.74) is 6.74. The number of rotatable bonds is 6. The quantitative estimate of drug-likeness (QED) is 0.848. The lowest BCUT2D eigenvalue weighted by Crippen LogP contribution is -2.25. The Morgan fingerprint density at radius 2 is 2.14 bits per heavy atom. The molecule has 1 aliphatic heterocycles. The Morgan fingerprint density at radius 3 is 2.76 bits per heavy atom. The highest BCUT2D eigenvalue weighted by molar-refractivity contribution is 6.42. The van der Waals surface area contributed by atoms with Crippen LogP contribution >= 0.6 is 35.6 Å². The highest BCUT2D eigenvalue weighted by Gasteiger charge is 2.21. The summed E-state index contributed by atoms with van der Waals surface area (Å²) in [6, 6.07) is 3.69. The van der Waals surface area contributed by atoms with E-state index in [1.165, 1.54) is 6.42 Å². The van der Waals surface area contributed by atoms with Gasteiger partial charge in [0.2, 0.25) is 0 Å². The Kier molecular flexibility index (Phi) is 8.14. The van der Waals surface area contributed by atoms with Crippen LogP contribution in [0.1, 0.15) is 18.9 Å². The molecule has 0 unspecified atom stereocenters. The van der Waals surface area contributed by atoms with Crippen LogP contribution in [-0.2, 0) is 6.42 Å². The Hall–Kier alpha value is -0.190. The normalized spacial score (nSPS) is 18.6. The van der Waals surface area contributed by atoms with Crippen LogP contribution < -0.4 is 10.5 Å². The third-order valence-corrected chi connectivity index (χ3v) is 4.68. The van der Waals surface area contributed by atoms with Crippen molar-refractivity contribution < 1.29 is 4.74 Å². The van der Waals surface area contributed by atoms with Gasteiger partial charge in [-0.2, -0.15) is 0 Å². The molecule has 120 valence electrons. The van der Waals surface area contributed by atoms with Gasteiger partial charge in [0.25, 0.3) is 0 Å². The molecule has 0 aliphatic carbocycles. The van der Waals surface area contributed by atoms with Crippen LogP contribution in [0.25, 0.3) is 0 Å². The van der Waals surface area contributed by atoms with Gasteiger partial charge in [-0.15, -0.1) is 12.4 Å². The van der Waals surface area contributed by atoms with E-state index in [4.69, 9.17) is 33.7 Å². The van der Waals surface area contributed by atoms with Crippen LogP contribution in [0.3, 0.4) is 0 Å². The van der Waals surface area contributed by atoms with Crippen molar-refractivity contribution in [3.63, 3.8) is 0 Å². The summed E-state index contributed by atoms with van der Waals surface area (Å²) < 4.78 is 5.65. The summed E-state index contributed by atoms with van der Waals surface area (Å²) in [6.45, 7) is 6.54. The molecular formula is C15H23Cl3N2O. The van der Waals surface area contributed by atoms with Gasteiger partial charge < -0.3 is 15.4 Å². The maximum absolute atomic E-state index is 6.33. The zero-order chi connectivity index (χ0) is 14.5. The summed E-state index contributed by atoms with van der Waals surface area (Å²) in [5.74, 6) is 1.48. The van der Waals surface area contributed by atoms with E-state index in [9.17, 15) is 0 Å². The predicted molar refractivity (Wildman–Crippen MR) is 92.2 cm³/mol. The van der Waals surface area contributed by atoms with E-state index in [1.807, 2.05) is 13.0 Å². The largest absolute Gasteiger partial charge is 0.494 e. The molecule has 0 aromatic heterocycles. The average molecular weight is 354 g/mol. The van der Waals surface area contributed by atoms with Gasteiger partial charge in [-0.05, 0) is 50.9 Å². The van der Waals surface area contributed by atoms with Crippen molar-refractivity contribution in [1.29, 1.82) is 0 Å². The fraction of sp³-hybridized carbons (Fsp3) is 0.600. The first kappa shape index (κ1) is 18.9. The molecule has 1 fully saturated rings. The SMILES string of the molecule is CCOc1ccc(Cl)c(Cl)c1CCN1CC[C@@H](CN)C1.Cl. The summed E-state index contributed by atoms with van der Waals surface area (Å²) in [5, 5.41) is 1.21. The van der Waals surface area contributed by atoms with Crippen LogP contribution in [0.15, 0.2) is 12.1 Å². The van der Waals surface area contributed by atoms with Crippen molar-refractivity contribution >= 4 is 35.6 Å². The molecule has 1 saturated heterocycles. The van der Waals surface area contributed by atoms with Gasteiger partial charge in [-0.25, -0.2) is 0 Å². The van der Waals surface area contributed by atoms with E-state index in [0.717, 1.165) is 43.9 Å². The highest BCUT2D eigenvalue weighted by atomic mass is 35.5. The minimum Gasteiger partial charge on any atom is -0.494 e. The number of hydrogen-bond acceptors (Lipinski definition) is 3. The van der Waals surface area contributed by atoms with Crippen molar-refractivity contribution in [2.24, 2.45) is 11.7 Å². The van der Waals surface area contributed by atoms with Crippen LogP contribution in [0, 0.1) is 5.92 Å². The number of likely N-dealkylation sites (tertiary alicyclic amines) is 1. The lowest BCUT2D eigenvalue weighted by molar-refractivity contribution is 0.317. The fourth-order valence-electron chi connectivity index (χ4n) is 2.68. The number of hydrogen-bond donors (Lipinski definition) is 1. The molecular weight excluding hydrogens is 331 g/mol. The Labute approximate surface area is 143 Å².